The Labute approximate surface area is 112 Å². The summed E-state index contributed by atoms with van der Waals surface area (Å²) in [6, 6.07) is 0.0952. The summed E-state index contributed by atoms with van der Waals surface area (Å²) in [5.74, 6) is 0. The molecule has 1 rings (SSSR count). The van der Waals surface area contributed by atoms with Crippen LogP contribution in [0.25, 0.3) is 0 Å². The van der Waals surface area contributed by atoms with Crippen LogP contribution in [0.1, 0.15) is 45.4 Å². The normalized spacial score (nSPS) is 22.6. The van der Waals surface area contributed by atoms with Gasteiger partial charge in [-0.3, -0.25) is 0 Å². The average molecular weight is 277 g/mol. The second kappa shape index (κ2) is 7.43. The van der Waals surface area contributed by atoms with Gasteiger partial charge in [0, 0.05) is 26.2 Å². The summed E-state index contributed by atoms with van der Waals surface area (Å²) in [5.41, 5.74) is 5.59. The molecule has 0 saturated carbocycles. The van der Waals surface area contributed by atoms with Gasteiger partial charge in [0.05, 0.1) is 0 Å². The van der Waals surface area contributed by atoms with Crippen molar-refractivity contribution >= 4 is 10.2 Å². The highest BCUT2D eigenvalue weighted by atomic mass is 32.2. The predicted molar refractivity (Wildman–Crippen MR) is 74.5 cm³/mol. The fourth-order valence-corrected chi connectivity index (χ4v) is 4.10. The van der Waals surface area contributed by atoms with Gasteiger partial charge in [0.15, 0.2) is 0 Å². The van der Waals surface area contributed by atoms with Gasteiger partial charge in [-0.1, -0.05) is 19.8 Å². The van der Waals surface area contributed by atoms with E-state index in [1.807, 2.05) is 0 Å². The molecule has 0 amide bonds. The van der Waals surface area contributed by atoms with Crippen molar-refractivity contribution in [3.05, 3.63) is 0 Å². The molecule has 1 saturated heterocycles. The molecule has 5 nitrogen and oxygen atoms in total. The van der Waals surface area contributed by atoms with Crippen LogP contribution in [0.15, 0.2) is 0 Å². The second-order valence-corrected chi connectivity index (χ2v) is 7.01. The van der Waals surface area contributed by atoms with Gasteiger partial charge in [-0.15, -0.1) is 0 Å². The molecule has 0 spiro atoms. The van der Waals surface area contributed by atoms with Crippen LogP contribution >= 0.6 is 0 Å². The highest BCUT2D eigenvalue weighted by molar-refractivity contribution is 7.86. The smallest absolute Gasteiger partial charge is 0.281 e. The molecule has 0 aromatic rings. The third kappa shape index (κ3) is 3.91. The van der Waals surface area contributed by atoms with Gasteiger partial charge in [0.2, 0.25) is 0 Å². The van der Waals surface area contributed by atoms with Gasteiger partial charge in [-0.05, 0) is 32.2 Å². The molecule has 108 valence electrons. The van der Waals surface area contributed by atoms with E-state index in [0.29, 0.717) is 19.6 Å². The lowest BCUT2D eigenvalue weighted by molar-refractivity contribution is 0.227. The van der Waals surface area contributed by atoms with Crippen LogP contribution < -0.4 is 5.73 Å². The first-order valence-corrected chi connectivity index (χ1v) is 8.37. The van der Waals surface area contributed by atoms with Gasteiger partial charge in [0.25, 0.3) is 10.2 Å². The summed E-state index contributed by atoms with van der Waals surface area (Å²) >= 11 is 0. The molecule has 0 bridgehead atoms. The monoisotopic (exact) mass is 277 g/mol. The lowest BCUT2D eigenvalue weighted by atomic mass is 10.0. The van der Waals surface area contributed by atoms with Crippen LogP contribution in [0.5, 0.6) is 0 Å². The standard InChI is InChI=1S/C12H27N3O2S/c1-3-4-10-14(2)18(16,17)15-11-6-5-7-12(15)8-9-13/h12H,3-11,13H2,1-2H3. The summed E-state index contributed by atoms with van der Waals surface area (Å²) < 4.78 is 28.1. The lowest BCUT2D eigenvalue weighted by Crippen LogP contribution is -2.50. The quantitative estimate of drug-likeness (QED) is 0.759. The average Bonchev–Trinajstić information content (AvgIpc) is 2.36. The van der Waals surface area contributed by atoms with Crippen molar-refractivity contribution in [1.82, 2.24) is 8.61 Å². The van der Waals surface area contributed by atoms with E-state index >= 15 is 0 Å². The first kappa shape index (κ1) is 15.9. The molecule has 1 aliphatic heterocycles. The first-order chi connectivity index (χ1) is 8.54. The molecular formula is C12H27N3O2S. The van der Waals surface area contributed by atoms with E-state index in [9.17, 15) is 8.42 Å². The van der Waals surface area contributed by atoms with Crippen molar-refractivity contribution in [2.75, 3.05) is 26.7 Å². The van der Waals surface area contributed by atoms with Gasteiger partial charge < -0.3 is 5.73 Å². The van der Waals surface area contributed by atoms with E-state index in [1.54, 1.807) is 11.4 Å². The molecule has 1 fully saturated rings. The maximum atomic E-state index is 12.5. The van der Waals surface area contributed by atoms with Gasteiger partial charge >= 0.3 is 0 Å². The van der Waals surface area contributed by atoms with Crippen molar-refractivity contribution in [2.45, 2.75) is 51.5 Å². The molecule has 2 N–H and O–H groups in total. The number of piperidine rings is 1. The zero-order chi connectivity index (χ0) is 13.6. The Kier molecular flexibility index (Phi) is 6.55. The van der Waals surface area contributed by atoms with Crippen molar-refractivity contribution in [3.63, 3.8) is 0 Å². The van der Waals surface area contributed by atoms with Crippen molar-refractivity contribution < 1.29 is 8.42 Å². The SMILES string of the molecule is CCCCN(C)S(=O)(=O)N1CCCCC1CCN. The number of nitrogens with two attached hydrogens (primary N) is 1. The topological polar surface area (TPSA) is 66.6 Å². The van der Waals surface area contributed by atoms with Crippen LogP contribution in [0.3, 0.4) is 0 Å². The zero-order valence-corrected chi connectivity index (χ0v) is 12.5. The summed E-state index contributed by atoms with van der Waals surface area (Å²) in [4.78, 5) is 0. The number of hydrogen-bond acceptors (Lipinski definition) is 3. The van der Waals surface area contributed by atoms with E-state index in [2.05, 4.69) is 6.92 Å². The number of hydrogen-bond donors (Lipinski definition) is 1. The number of rotatable bonds is 7. The van der Waals surface area contributed by atoms with Crippen LogP contribution in [0.2, 0.25) is 0 Å². The van der Waals surface area contributed by atoms with Crippen LogP contribution in [0, 0.1) is 0 Å². The first-order valence-electron chi connectivity index (χ1n) is 6.97. The van der Waals surface area contributed by atoms with Crippen LogP contribution in [0.4, 0.5) is 0 Å². The molecule has 1 atom stereocenters. The van der Waals surface area contributed by atoms with Gasteiger partial charge in [0.1, 0.15) is 0 Å². The molecule has 0 aromatic carbocycles. The van der Waals surface area contributed by atoms with E-state index in [4.69, 9.17) is 5.73 Å². The largest absolute Gasteiger partial charge is 0.330 e. The Morgan fingerprint density at radius 2 is 2.11 bits per heavy atom. The van der Waals surface area contributed by atoms with E-state index in [1.165, 1.54) is 4.31 Å². The van der Waals surface area contributed by atoms with Gasteiger partial charge in [-0.25, -0.2) is 0 Å². The zero-order valence-electron chi connectivity index (χ0n) is 11.6. The van der Waals surface area contributed by atoms with Crippen LogP contribution in [-0.4, -0.2) is 49.8 Å². The second-order valence-electron chi connectivity index (χ2n) is 5.02. The predicted octanol–water partition coefficient (Wildman–Crippen LogP) is 1.17. The van der Waals surface area contributed by atoms with Crippen LogP contribution in [-0.2, 0) is 10.2 Å². The maximum absolute atomic E-state index is 12.5. The Bertz CT molecular complexity index is 330. The third-order valence-electron chi connectivity index (χ3n) is 3.59. The van der Waals surface area contributed by atoms with E-state index < -0.39 is 10.2 Å². The summed E-state index contributed by atoms with van der Waals surface area (Å²) in [7, 11) is -1.61. The number of nitrogens with zero attached hydrogens (tertiary/aromatic N) is 2. The highest BCUT2D eigenvalue weighted by Crippen LogP contribution is 2.24. The minimum Gasteiger partial charge on any atom is -0.330 e. The fourth-order valence-electron chi connectivity index (χ4n) is 2.43. The Morgan fingerprint density at radius 1 is 1.39 bits per heavy atom. The molecule has 6 heteroatoms. The van der Waals surface area contributed by atoms with E-state index in [-0.39, 0.29) is 6.04 Å². The van der Waals surface area contributed by atoms with Crippen molar-refractivity contribution in [3.8, 4) is 0 Å². The Morgan fingerprint density at radius 3 is 2.72 bits per heavy atom. The Balaban J connectivity index is 2.73. The third-order valence-corrected chi connectivity index (χ3v) is 5.63. The molecule has 0 radical (unpaired) electrons. The molecule has 0 aromatic heterocycles. The lowest BCUT2D eigenvalue weighted by Gasteiger charge is -2.37. The summed E-state index contributed by atoms with van der Waals surface area (Å²) in [6.45, 7) is 3.86. The van der Waals surface area contributed by atoms with Crippen molar-refractivity contribution in [1.29, 1.82) is 0 Å². The highest BCUT2D eigenvalue weighted by Gasteiger charge is 2.34. The molecule has 18 heavy (non-hydrogen) atoms. The Hall–Kier alpha value is -0.170. The number of unbranched alkanes of at least 4 members (excludes halogenated alkanes) is 1. The molecular weight excluding hydrogens is 250 g/mol. The van der Waals surface area contributed by atoms with Gasteiger partial charge in [-0.2, -0.15) is 17.0 Å². The molecule has 1 unspecified atom stereocenters. The summed E-state index contributed by atoms with van der Waals surface area (Å²) in [6.07, 6.45) is 5.69. The minimum atomic E-state index is -3.29. The molecule has 0 aliphatic carbocycles. The minimum absolute atomic E-state index is 0.0952. The van der Waals surface area contributed by atoms with Crippen molar-refractivity contribution in [2.24, 2.45) is 5.73 Å². The maximum Gasteiger partial charge on any atom is 0.281 e. The molecule has 1 aliphatic rings. The summed E-state index contributed by atoms with van der Waals surface area (Å²) in [5, 5.41) is 0. The fraction of sp³-hybridized carbons (Fsp3) is 1.00. The molecule has 1 heterocycles. The van der Waals surface area contributed by atoms with E-state index in [0.717, 1.165) is 38.5 Å².